The molecule has 0 aliphatic rings. The first-order valence-electron chi connectivity index (χ1n) is 11.7. The lowest BCUT2D eigenvalue weighted by molar-refractivity contribution is -0.155. The lowest BCUT2D eigenvalue weighted by Crippen LogP contribution is -2.42. The average Bonchev–Trinajstić information content (AvgIpc) is 2.71. The predicted molar refractivity (Wildman–Crippen MR) is 118 cm³/mol. The van der Waals surface area contributed by atoms with E-state index in [1.165, 1.54) is 0 Å². The second kappa shape index (κ2) is 18.8. The summed E-state index contributed by atoms with van der Waals surface area (Å²) in [4.78, 5) is 46.8. The molecule has 0 aromatic carbocycles. The van der Waals surface area contributed by atoms with Crippen molar-refractivity contribution < 1.29 is 34.1 Å². The molecule has 3 N–H and O–H groups in total. The summed E-state index contributed by atoms with van der Waals surface area (Å²) in [5.74, 6) is -2.69. The second-order valence-corrected chi connectivity index (χ2v) is 8.06. The van der Waals surface area contributed by atoms with Crippen LogP contribution >= 0.6 is 0 Å². The molecule has 2 unspecified atom stereocenters. The van der Waals surface area contributed by atoms with Crippen molar-refractivity contribution in [3.8, 4) is 0 Å². The van der Waals surface area contributed by atoms with Gasteiger partial charge in [-0.05, 0) is 19.3 Å². The first-order valence-corrected chi connectivity index (χ1v) is 11.7. The Morgan fingerprint density at radius 3 is 1.94 bits per heavy atom. The van der Waals surface area contributed by atoms with Gasteiger partial charge in [-0.3, -0.25) is 19.2 Å². The number of carboxylic acid groups (broad SMARTS) is 2. The van der Waals surface area contributed by atoms with Crippen LogP contribution in [0.5, 0.6) is 0 Å². The van der Waals surface area contributed by atoms with Gasteiger partial charge in [-0.2, -0.15) is 0 Å². The van der Waals surface area contributed by atoms with Gasteiger partial charge in [0.25, 0.3) is 0 Å². The van der Waals surface area contributed by atoms with Gasteiger partial charge < -0.3 is 20.3 Å². The van der Waals surface area contributed by atoms with Gasteiger partial charge in [0.1, 0.15) is 0 Å². The third-order valence-corrected chi connectivity index (χ3v) is 5.11. The molecule has 0 aromatic rings. The number of unbranched alkanes of at least 4 members (excludes halogenated alkanes) is 7. The number of esters is 1. The van der Waals surface area contributed by atoms with Crippen LogP contribution in [0.2, 0.25) is 0 Å². The van der Waals surface area contributed by atoms with Crippen molar-refractivity contribution >= 4 is 23.7 Å². The van der Waals surface area contributed by atoms with Crippen molar-refractivity contribution in [3.05, 3.63) is 0 Å². The molecule has 8 heteroatoms. The average molecular weight is 444 g/mol. The van der Waals surface area contributed by atoms with Crippen molar-refractivity contribution in [2.24, 2.45) is 0 Å². The molecule has 0 fully saturated rings. The maximum atomic E-state index is 12.7. The van der Waals surface area contributed by atoms with Crippen molar-refractivity contribution in [2.75, 3.05) is 6.54 Å². The van der Waals surface area contributed by atoms with E-state index in [0.29, 0.717) is 12.8 Å². The van der Waals surface area contributed by atoms with E-state index in [-0.39, 0.29) is 38.0 Å². The van der Waals surface area contributed by atoms with Crippen LogP contribution in [0, 0.1) is 0 Å². The molecule has 0 radical (unpaired) electrons. The van der Waals surface area contributed by atoms with E-state index in [1.54, 1.807) is 0 Å². The van der Waals surface area contributed by atoms with Crippen LogP contribution < -0.4 is 5.32 Å². The Morgan fingerprint density at radius 1 is 0.774 bits per heavy atom. The summed E-state index contributed by atoms with van der Waals surface area (Å²) in [6.07, 6.45) is 7.90. The Morgan fingerprint density at radius 2 is 1.35 bits per heavy atom. The molecule has 180 valence electrons. The Kier molecular flexibility index (Phi) is 17.6. The number of hydrogen-bond acceptors (Lipinski definition) is 6. The molecule has 2 atom stereocenters. The number of Topliss-reactive ketones (excluding diaryl/α,β-unsaturated/α-hetero) is 1. The van der Waals surface area contributed by atoms with Gasteiger partial charge in [0.05, 0.1) is 6.42 Å². The van der Waals surface area contributed by atoms with E-state index < -0.39 is 30.1 Å². The summed E-state index contributed by atoms with van der Waals surface area (Å²) in [7, 11) is 0. The van der Waals surface area contributed by atoms with E-state index in [2.05, 4.69) is 19.2 Å². The van der Waals surface area contributed by atoms with Crippen LogP contribution in [0.3, 0.4) is 0 Å². The Bertz CT molecular complexity index is 536. The molecule has 0 rings (SSSR count). The maximum absolute atomic E-state index is 12.7. The molecule has 0 saturated heterocycles. The number of ketones is 1. The molecular formula is C23H41NO7. The van der Waals surface area contributed by atoms with Crippen LogP contribution in [0.15, 0.2) is 0 Å². The molecule has 0 aromatic heterocycles. The molecular weight excluding hydrogens is 402 g/mol. The topological polar surface area (TPSA) is 130 Å². The molecule has 0 spiro atoms. The van der Waals surface area contributed by atoms with Crippen molar-refractivity contribution in [3.63, 3.8) is 0 Å². The Hall–Kier alpha value is -1.96. The zero-order valence-corrected chi connectivity index (χ0v) is 19.2. The smallest absolute Gasteiger partial charge is 0.306 e. The summed E-state index contributed by atoms with van der Waals surface area (Å²) >= 11 is 0. The van der Waals surface area contributed by atoms with E-state index in [1.807, 2.05) is 0 Å². The molecule has 0 saturated carbocycles. The van der Waals surface area contributed by atoms with Gasteiger partial charge >= 0.3 is 17.9 Å². The summed E-state index contributed by atoms with van der Waals surface area (Å²) < 4.78 is 5.44. The minimum absolute atomic E-state index is 0.00788. The number of rotatable bonds is 21. The first-order chi connectivity index (χ1) is 14.8. The normalized spacial score (nSPS) is 12.8. The van der Waals surface area contributed by atoms with E-state index >= 15 is 0 Å². The van der Waals surface area contributed by atoms with Gasteiger partial charge in [-0.25, -0.2) is 0 Å². The number of carbonyl (C=O) groups is 4. The molecule has 0 amide bonds. The molecule has 0 aliphatic carbocycles. The fraction of sp³-hybridized carbons (Fsp3) is 0.826. The Labute approximate surface area is 186 Å². The zero-order chi connectivity index (χ0) is 23.5. The van der Waals surface area contributed by atoms with Crippen LogP contribution in [0.25, 0.3) is 0 Å². The lowest BCUT2D eigenvalue weighted by atomic mass is 10.0. The summed E-state index contributed by atoms with van der Waals surface area (Å²) in [5.41, 5.74) is 0. The minimum Gasteiger partial charge on any atom is -0.481 e. The number of ether oxygens (including phenoxy) is 1. The monoisotopic (exact) mass is 443 g/mol. The highest BCUT2D eigenvalue weighted by atomic mass is 16.5. The minimum atomic E-state index is -1.06. The molecule has 8 nitrogen and oxygen atoms in total. The number of aliphatic carboxylic acids is 2. The number of carboxylic acids is 2. The fourth-order valence-electron chi connectivity index (χ4n) is 3.26. The van der Waals surface area contributed by atoms with Crippen LogP contribution in [0.1, 0.15) is 104 Å². The highest BCUT2D eigenvalue weighted by molar-refractivity contribution is 5.85. The van der Waals surface area contributed by atoms with Crippen molar-refractivity contribution in [2.45, 2.75) is 116 Å². The second-order valence-electron chi connectivity index (χ2n) is 8.06. The quantitative estimate of drug-likeness (QED) is 0.179. The van der Waals surface area contributed by atoms with Crippen LogP contribution in [-0.4, -0.2) is 52.6 Å². The van der Waals surface area contributed by atoms with Crippen LogP contribution in [0.4, 0.5) is 0 Å². The van der Waals surface area contributed by atoms with Gasteiger partial charge in [-0.1, -0.05) is 58.8 Å². The van der Waals surface area contributed by atoms with E-state index in [4.69, 9.17) is 14.9 Å². The standard InChI is InChI=1S/C23H41NO7/c1-3-5-7-9-10-12-19(25)20(31-23(30)13-11-8-6-4-2)17-24-18(16-22(28)29)14-15-21(26)27/h18,20,24H,3-17H2,1-2H3,(H,26,27)(H,28,29). The van der Waals surface area contributed by atoms with Gasteiger partial charge in [0, 0.05) is 31.8 Å². The third kappa shape index (κ3) is 17.4. The van der Waals surface area contributed by atoms with Gasteiger partial charge in [0.15, 0.2) is 11.9 Å². The SMILES string of the molecule is CCCCCCCC(=O)C(CNC(CCC(=O)O)CC(=O)O)OC(=O)CCCCCC. The number of nitrogens with one attached hydrogen (secondary N) is 1. The van der Waals surface area contributed by atoms with Crippen molar-refractivity contribution in [1.82, 2.24) is 5.32 Å². The zero-order valence-electron chi connectivity index (χ0n) is 19.2. The summed E-state index contributed by atoms with van der Waals surface area (Å²) in [6, 6.07) is -0.614. The highest BCUT2D eigenvalue weighted by Crippen LogP contribution is 2.11. The maximum Gasteiger partial charge on any atom is 0.306 e. The fourth-order valence-corrected chi connectivity index (χ4v) is 3.26. The number of hydrogen-bond donors (Lipinski definition) is 3. The highest BCUT2D eigenvalue weighted by Gasteiger charge is 2.24. The molecule has 31 heavy (non-hydrogen) atoms. The van der Waals surface area contributed by atoms with Gasteiger partial charge in [-0.15, -0.1) is 0 Å². The van der Waals surface area contributed by atoms with Crippen molar-refractivity contribution in [1.29, 1.82) is 0 Å². The molecule has 0 aliphatic heterocycles. The van der Waals surface area contributed by atoms with E-state index in [0.717, 1.165) is 51.4 Å². The van der Waals surface area contributed by atoms with E-state index in [9.17, 15) is 19.2 Å². The third-order valence-electron chi connectivity index (χ3n) is 5.11. The first kappa shape index (κ1) is 29.0. The molecule has 0 heterocycles. The predicted octanol–water partition coefficient (Wildman–Crippen LogP) is 4.10. The Balaban J connectivity index is 4.83. The number of carbonyl (C=O) groups excluding carboxylic acids is 2. The lowest BCUT2D eigenvalue weighted by Gasteiger charge is -2.22. The molecule has 0 bridgehead atoms. The summed E-state index contributed by atoms with van der Waals surface area (Å²) in [5, 5.41) is 20.9. The summed E-state index contributed by atoms with van der Waals surface area (Å²) in [6.45, 7) is 4.19. The van der Waals surface area contributed by atoms with Gasteiger partial charge in [0.2, 0.25) is 0 Å². The largest absolute Gasteiger partial charge is 0.481 e. The van der Waals surface area contributed by atoms with Crippen LogP contribution in [-0.2, 0) is 23.9 Å².